The number of carbonyl (C=O) groups excluding carboxylic acids is 1. The third kappa shape index (κ3) is 4.87. The number of alkyl halides is 2. The molecule has 1 amide bonds. The monoisotopic (exact) mass is 488 g/mol. The highest BCUT2D eigenvalue weighted by molar-refractivity contribution is 5.88. The molecular formula is C27H22F2N4O3. The Bertz CT molecular complexity index is 1460. The van der Waals surface area contributed by atoms with Gasteiger partial charge in [-0.1, -0.05) is 48.5 Å². The molecule has 3 aromatic heterocycles. The molecule has 1 atom stereocenters. The molecule has 0 aliphatic heterocycles. The molecule has 7 nitrogen and oxygen atoms in total. The first-order valence-corrected chi connectivity index (χ1v) is 11.3. The average molecular weight is 488 g/mol. The molecule has 0 aliphatic carbocycles. The highest BCUT2D eigenvalue weighted by atomic mass is 19.3. The third-order valence-electron chi connectivity index (χ3n) is 5.88. The predicted octanol–water partition coefficient (Wildman–Crippen LogP) is 4.97. The van der Waals surface area contributed by atoms with Crippen molar-refractivity contribution in [2.75, 3.05) is 0 Å². The molecule has 9 heteroatoms. The van der Waals surface area contributed by atoms with Gasteiger partial charge in [0.2, 0.25) is 11.8 Å². The lowest BCUT2D eigenvalue weighted by Crippen LogP contribution is -2.27. The maximum Gasteiger partial charge on any atom is 0.268 e. The van der Waals surface area contributed by atoms with Gasteiger partial charge in [0.15, 0.2) is 0 Å². The molecular weight excluding hydrogens is 466 g/mol. The lowest BCUT2D eigenvalue weighted by molar-refractivity contribution is -0.121. The molecule has 0 saturated carbocycles. The highest BCUT2D eigenvalue weighted by Crippen LogP contribution is 2.27. The first kappa shape index (κ1) is 23.4. The van der Waals surface area contributed by atoms with Crippen LogP contribution in [-0.4, -0.2) is 32.0 Å². The highest BCUT2D eigenvalue weighted by Gasteiger charge is 2.19. The van der Waals surface area contributed by atoms with Crippen molar-refractivity contribution in [3.63, 3.8) is 0 Å². The van der Waals surface area contributed by atoms with Crippen LogP contribution in [0, 0.1) is 0 Å². The molecule has 0 aliphatic rings. The Labute approximate surface area is 205 Å². The Balaban J connectivity index is 1.24. The zero-order chi connectivity index (χ0) is 25.1. The molecule has 0 saturated heterocycles. The number of oxazole rings is 1. The average Bonchev–Trinajstić information content (AvgIpc) is 3.56. The quantitative estimate of drug-likeness (QED) is 0.322. The van der Waals surface area contributed by atoms with E-state index < -0.39 is 12.5 Å². The van der Waals surface area contributed by atoms with E-state index >= 15 is 0 Å². The lowest BCUT2D eigenvalue weighted by atomic mass is 10.0. The van der Waals surface area contributed by atoms with Gasteiger partial charge in [-0.05, 0) is 29.3 Å². The van der Waals surface area contributed by atoms with E-state index in [2.05, 4.69) is 15.3 Å². The molecule has 5 rings (SSSR count). The number of aromatic nitrogens is 3. The van der Waals surface area contributed by atoms with Crippen molar-refractivity contribution in [2.45, 2.75) is 25.6 Å². The zero-order valence-corrected chi connectivity index (χ0v) is 19.0. The second-order valence-corrected chi connectivity index (χ2v) is 8.23. The van der Waals surface area contributed by atoms with Crippen LogP contribution in [0.2, 0.25) is 0 Å². The van der Waals surface area contributed by atoms with Gasteiger partial charge in [0.1, 0.15) is 24.6 Å². The maximum absolute atomic E-state index is 12.8. The fourth-order valence-corrected chi connectivity index (χ4v) is 4.01. The lowest BCUT2D eigenvalue weighted by Gasteiger charge is -2.11. The third-order valence-corrected chi connectivity index (χ3v) is 5.88. The summed E-state index contributed by atoms with van der Waals surface area (Å²) in [5, 5.41) is 13.4. The topological polar surface area (TPSA) is 93.2 Å². The van der Waals surface area contributed by atoms with Crippen LogP contribution in [0.4, 0.5) is 8.78 Å². The van der Waals surface area contributed by atoms with E-state index in [1.165, 1.54) is 18.4 Å². The summed E-state index contributed by atoms with van der Waals surface area (Å²) in [6.07, 6.45) is 0.0674. The van der Waals surface area contributed by atoms with E-state index in [1.807, 2.05) is 41.0 Å². The van der Waals surface area contributed by atoms with Crippen molar-refractivity contribution >= 4 is 16.8 Å². The Morgan fingerprint density at radius 3 is 2.50 bits per heavy atom. The van der Waals surface area contributed by atoms with Gasteiger partial charge < -0.3 is 19.4 Å². The van der Waals surface area contributed by atoms with Crippen LogP contribution in [0.1, 0.15) is 17.4 Å². The van der Waals surface area contributed by atoms with Crippen LogP contribution < -0.4 is 5.32 Å². The normalized spacial score (nSPS) is 12.2. The summed E-state index contributed by atoms with van der Waals surface area (Å²) in [6.45, 7) is 0.326. The number of fused-ring (bicyclic) bond motifs is 1. The van der Waals surface area contributed by atoms with Crippen molar-refractivity contribution in [1.82, 2.24) is 19.9 Å². The summed E-state index contributed by atoms with van der Waals surface area (Å²) in [5.41, 5.74) is 4.00. The minimum atomic E-state index is -2.84. The summed E-state index contributed by atoms with van der Waals surface area (Å²) in [7, 11) is 0. The Kier molecular flexibility index (Phi) is 6.55. The van der Waals surface area contributed by atoms with Gasteiger partial charge in [-0.3, -0.25) is 9.78 Å². The number of aliphatic hydroxyl groups excluding tert-OH is 1. The van der Waals surface area contributed by atoms with Crippen LogP contribution in [0.5, 0.6) is 0 Å². The standard InChI is InChI=1S/C27H22F2N4O3/c28-26(29)25(35)18-7-5-17(6-8-18)20-9-10-21(31-14-20)15-32-24(34)16-33-22-4-2-1-3-19(22)13-23(33)27-30-11-12-36-27/h1-14,25-26,35H,15-16H2,(H,32,34). The molecule has 5 aromatic rings. The van der Waals surface area contributed by atoms with Gasteiger partial charge in [0.05, 0.1) is 18.4 Å². The van der Waals surface area contributed by atoms with Crippen molar-refractivity contribution in [2.24, 2.45) is 0 Å². The van der Waals surface area contributed by atoms with E-state index in [-0.39, 0.29) is 24.6 Å². The summed E-state index contributed by atoms with van der Waals surface area (Å²) in [6, 6.07) is 19.6. The van der Waals surface area contributed by atoms with Crippen LogP contribution in [0.25, 0.3) is 33.6 Å². The number of para-hydroxylation sites is 1. The van der Waals surface area contributed by atoms with Crippen molar-refractivity contribution in [3.8, 4) is 22.7 Å². The molecule has 0 radical (unpaired) electrons. The van der Waals surface area contributed by atoms with Gasteiger partial charge in [0, 0.05) is 22.7 Å². The van der Waals surface area contributed by atoms with E-state index in [0.29, 0.717) is 17.3 Å². The first-order chi connectivity index (χ1) is 17.5. The predicted molar refractivity (Wildman–Crippen MR) is 130 cm³/mol. The number of benzene rings is 2. The molecule has 0 spiro atoms. The van der Waals surface area contributed by atoms with E-state index in [1.54, 1.807) is 30.6 Å². The number of halogens is 2. The number of hydrogen-bond donors (Lipinski definition) is 2. The first-order valence-electron chi connectivity index (χ1n) is 11.3. The fourth-order valence-electron chi connectivity index (χ4n) is 4.01. The molecule has 2 aromatic carbocycles. The number of nitrogens with zero attached hydrogens (tertiary/aromatic N) is 3. The minimum Gasteiger partial charge on any atom is -0.443 e. The van der Waals surface area contributed by atoms with Gasteiger partial charge in [-0.25, -0.2) is 13.8 Å². The molecule has 0 bridgehead atoms. The number of amides is 1. The largest absolute Gasteiger partial charge is 0.443 e. The summed E-state index contributed by atoms with van der Waals surface area (Å²) in [5.74, 6) is 0.246. The van der Waals surface area contributed by atoms with E-state index in [4.69, 9.17) is 4.42 Å². The SMILES string of the molecule is O=C(Cn1c(-c2ncco2)cc2ccccc21)NCc1ccc(-c2ccc(C(O)C(F)F)cc2)cn1. The molecule has 1 unspecified atom stereocenters. The van der Waals surface area contributed by atoms with Gasteiger partial charge in [-0.2, -0.15) is 0 Å². The summed E-state index contributed by atoms with van der Waals surface area (Å²) < 4.78 is 32.7. The van der Waals surface area contributed by atoms with E-state index in [9.17, 15) is 18.7 Å². The van der Waals surface area contributed by atoms with Crippen LogP contribution >= 0.6 is 0 Å². The summed E-state index contributed by atoms with van der Waals surface area (Å²) >= 11 is 0. The van der Waals surface area contributed by atoms with Gasteiger partial charge >= 0.3 is 0 Å². The Morgan fingerprint density at radius 1 is 1.03 bits per heavy atom. The van der Waals surface area contributed by atoms with Crippen molar-refractivity contribution < 1.29 is 23.1 Å². The Morgan fingerprint density at radius 2 is 1.81 bits per heavy atom. The second-order valence-electron chi connectivity index (χ2n) is 8.23. The number of hydrogen-bond acceptors (Lipinski definition) is 5. The second kappa shape index (κ2) is 10.1. The Hall–Kier alpha value is -4.37. The fraction of sp³-hybridized carbons (Fsp3) is 0.148. The molecule has 3 heterocycles. The smallest absolute Gasteiger partial charge is 0.268 e. The minimum absolute atomic E-state index is 0.0835. The zero-order valence-electron chi connectivity index (χ0n) is 19.0. The number of carbonyl (C=O) groups is 1. The number of aliphatic hydroxyl groups is 1. The molecule has 36 heavy (non-hydrogen) atoms. The summed E-state index contributed by atoms with van der Waals surface area (Å²) in [4.78, 5) is 21.4. The van der Waals surface area contributed by atoms with Crippen LogP contribution in [0.3, 0.4) is 0 Å². The van der Waals surface area contributed by atoms with Crippen molar-refractivity contribution in [1.29, 1.82) is 0 Å². The number of pyridine rings is 1. The number of rotatable bonds is 8. The van der Waals surface area contributed by atoms with Crippen LogP contribution in [0.15, 0.2) is 89.8 Å². The molecule has 182 valence electrons. The van der Waals surface area contributed by atoms with Crippen LogP contribution in [-0.2, 0) is 17.9 Å². The molecule has 0 fully saturated rings. The number of nitrogens with one attached hydrogen (secondary N) is 1. The van der Waals surface area contributed by atoms with Gasteiger partial charge in [-0.15, -0.1) is 0 Å². The van der Waals surface area contributed by atoms with E-state index in [0.717, 1.165) is 22.0 Å². The maximum atomic E-state index is 12.8. The molecule has 2 N–H and O–H groups in total. The van der Waals surface area contributed by atoms with Crippen molar-refractivity contribution in [3.05, 3.63) is 96.6 Å². The van der Waals surface area contributed by atoms with Gasteiger partial charge in [0.25, 0.3) is 6.43 Å².